The fraction of sp³-hybridized carbons (Fsp3) is 0.583. The number of hydrogen-bond acceptors (Lipinski definition) is 7. The molecule has 176 valence electrons. The maximum Gasteiger partial charge on any atom is 0.262 e. The van der Waals surface area contributed by atoms with Gasteiger partial charge in [0.1, 0.15) is 6.04 Å². The second-order valence-corrected chi connectivity index (χ2v) is 9.71. The van der Waals surface area contributed by atoms with Crippen molar-refractivity contribution in [1.29, 1.82) is 0 Å². The third-order valence-electron chi connectivity index (χ3n) is 7.52. The fourth-order valence-electron chi connectivity index (χ4n) is 5.43. The maximum atomic E-state index is 13.1. The highest BCUT2D eigenvalue weighted by Crippen LogP contribution is 2.32. The summed E-state index contributed by atoms with van der Waals surface area (Å²) < 4.78 is 0. The quantitative estimate of drug-likeness (QED) is 0.666. The molecule has 0 radical (unpaired) electrons. The zero-order valence-corrected chi connectivity index (χ0v) is 19.1. The first-order chi connectivity index (χ1) is 15.9. The van der Waals surface area contributed by atoms with Crippen molar-refractivity contribution in [2.45, 2.75) is 31.7 Å². The molecule has 1 aromatic carbocycles. The van der Waals surface area contributed by atoms with Crippen LogP contribution in [0.4, 0.5) is 5.69 Å². The third kappa shape index (κ3) is 4.27. The van der Waals surface area contributed by atoms with E-state index in [2.05, 4.69) is 27.1 Å². The molecule has 4 amide bonds. The highest BCUT2D eigenvalue weighted by Gasteiger charge is 2.44. The summed E-state index contributed by atoms with van der Waals surface area (Å²) >= 11 is 0. The van der Waals surface area contributed by atoms with E-state index in [9.17, 15) is 19.2 Å². The van der Waals surface area contributed by atoms with Crippen LogP contribution in [-0.4, -0.2) is 97.2 Å². The largest absolute Gasteiger partial charge is 0.371 e. The minimum absolute atomic E-state index is 0.123. The molecule has 9 nitrogen and oxygen atoms in total. The molecule has 0 aromatic heterocycles. The van der Waals surface area contributed by atoms with E-state index < -0.39 is 23.8 Å². The Morgan fingerprint density at radius 3 is 2.27 bits per heavy atom. The number of rotatable bonds is 4. The van der Waals surface area contributed by atoms with E-state index >= 15 is 0 Å². The lowest BCUT2D eigenvalue weighted by Crippen LogP contribution is -2.54. The summed E-state index contributed by atoms with van der Waals surface area (Å²) in [7, 11) is 2.18. The van der Waals surface area contributed by atoms with Gasteiger partial charge >= 0.3 is 0 Å². The Labute approximate surface area is 193 Å². The number of fused-ring (bicyclic) bond motifs is 1. The van der Waals surface area contributed by atoms with Crippen molar-refractivity contribution < 1.29 is 19.2 Å². The van der Waals surface area contributed by atoms with Crippen LogP contribution in [0.15, 0.2) is 18.2 Å². The molecule has 1 atom stereocenters. The summed E-state index contributed by atoms with van der Waals surface area (Å²) in [4.78, 5) is 57.9. The highest BCUT2D eigenvalue weighted by molar-refractivity contribution is 6.23. The van der Waals surface area contributed by atoms with Gasteiger partial charge in [-0.3, -0.25) is 29.4 Å². The molecule has 1 unspecified atom stereocenters. The average molecular weight is 454 g/mol. The van der Waals surface area contributed by atoms with Crippen molar-refractivity contribution in [3.8, 4) is 0 Å². The number of hydrogen-bond donors (Lipinski definition) is 1. The van der Waals surface area contributed by atoms with E-state index in [1.165, 1.54) is 0 Å². The van der Waals surface area contributed by atoms with Crippen LogP contribution in [-0.2, 0) is 9.59 Å². The monoisotopic (exact) mass is 453 g/mol. The van der Waals surface area contributed by atoms with Crippen molar-refractivity contribution >= 4 is 29.3 Å². The Morgan fingerprint density at radius 1 is 0.879 bits per heavy atom. The van der Waals surface area contributed by atoms with Crippen molar-refractivity contribution in [1.82, 2.24) is 20.0 Å². The van der Waals surface area contributed by atoms with Gasteiger partial charge in [0.2, 0.25) is 11.8 Å². The lowest BCUT2D eigenvalue weighted by Gasteiger charge is -2.38. The normalized spacial score (nSPS) is 25.5. The molecule has 3 fully saturated rings. The van der Waals surface area contributed by atoms with Gasteiger partial charge in [0.05, 0.1) is 11.1 Å². The first-order valence-corrected chi connectivity index (χ1v) is 11.9. The van der Waals surface area contributed by atoms with Crippen LogP contribution in [0.1, 0.15) is 46.4 Å². The summed E-state index contributed by atoms with van der Waals surface area (Å²) in [6.45, 7) is 7.56. The zero-order chi connectivity index (χ0) is 23.1. The van der Waals surface area contributed by atoms with Crippen molar-refractivity contribution in [2.75, 3.05) is 57.8 Å². The lowest BCUT2D eigenvalue weighted by molar-refractivity contribution is -0.136. The molecule has 5 rings (SSSR count). The number of carbonyl (C=O) groups excluding carboxylic acids is 4. The second-order valence-electron chi connectivity index (χ2n) is 9.71. The standard InChI is InChI=1S/C24H31N5O4/c1-26-10-12-27(13-11-26)15-16-6-8-28(9-7-16)17-2-3-18-19(14-17)24(33)29(23(18)32)20-4-5-21(30)25-22(20)31/h2-3,14,16,20H,4-13,15H2,1H3,(H,25,30,31). The fourth-order valence-corrected chi connectivity index (χ4v) is 5.43. The van der Waals surface area contributed by atoms with E-state index in [1.54, 1.807) is 12.1 Å². The summed E-state index contributed by atoms with van der Waals surface area (Å²) in [5.41, 5.74) is 1.62. The molecular formula is C24H31N5O4. The van der Waals surface area contributed by atoms with Crippen LogP contribution in [0.25, 0.3) is 0 Å². The van der Waals surface area contributed by atoms with Gasteiger partial charge in [-0.05, 0) is 50.4 Å². The number of amides is 4. The van der Waals surface area contributed by atoms with E-state index in [-0.39, 0.29) is 18.7 Å². The van der Waals surface area contributed by atoms with Crippen LogP contribution in [0.5, 0.6) is 0 Å². The van der Waals surface area contributed by atoms with Crippen LogP contribution in [0.2, 0.25) is 0 Å². The first kappa shape index (κ1) is 22.0. The predicted octanol–water partition coefficient (Wildman–Crippen LogP) is 0.552. The van der Waals surface area contributed by atoms with E-state index in [0.717, 1.165) is 69.2 Å². The molecule has 0 aliphatic carbocycles. The molecule has 4 aliphatic rings. The SMILES string of the molecule is CN1CCN(CC2CCN(c3ccc4c(c3)C(=O)N(C3CCC(=O)NC3=O)C4=O)CC2)CC1. The number of likely N-dealkylation sites (N-methyl/N-ethyl adjacent to an activating group) is 1. The first-order valence-electron chi connectivity index (χ1n) is 11.9. The van der Waals surface area contributed by atoms with Gasteiger partial charge in [0.25, 0.3) is 11.8 Å². The van der Waals surface area contributed by atoms with Gasteiger partial charge in [0.15, 0.2) is 0 Å². The second kappa shape index (κ2) is 8.87. The minimum Gasteiger partial charge on any atom is -0.371 e. The van der Waals surface area contributed by atoms with Crippen LogP contribution >= 0.6 is 0 Å². The van der Waals surface area contributed by atoms with Crippen molar-refractivity contribution in [3.05, 3.63) is 29.3 Å². The molecular weight excluding hydrogens is 422 g/mol. The number of carbonyl (C=O) groups is 4. The number of piperidine rings is 2. The number of nitrogens with zero attached hydrogens (tertiary/aromatic N) is 4. The Bertz CT molecular complexity index is 979. The Kier molecular flexibility index (Phi) is 5.92. The van der Waals surface area contributed by atoms with Crippen LogP contribution < -0.4 is 10.2 Å². The molecule has 0 saturated carbocycles. The summed E-state index contributed by atoms with van der Waals surface area (Å²) in [5, 5.41) is 2.23. The van der Waals surface area contributed by atoms with Crippen LogP contribution in [0, 0.1) is 5.92 Å². The molecule has 33 heavy (non-hydrogen) atoms. The molecule has 4 heterocycles. The lowest BCUT2D eigenvalue weighted by atomic mass is 9.95. The maximum absolute atomic E-state index is 13.1. The molecule has 1 aromatic rings. The van der Waals surface area contributed by atoms with Gasteiger partial charge in [0, 0.05) is 57.9 Å². The molecule has 1 N–H and O–H groups in total. The topological polar surface area (TPSA) is 93.3 Å². The van der Waals surface area contributed by atoms with E-state index in [0.29, 0.717) is 17.0 Å². The van der Waals surface area contributed by atoms with E-state index in [1.807, 2.05) is 6.07 Å². The predicted molar refractivity (Wildman–Crippen MR) is 122 cm³/mol. The molecule has 0 bridgehead atoms. The van der Waals surface area contributed by atoms with Crippen LogP contribution in [0.3, 0.4) is 0 Å². The molecule has 9 heteroatoms. The van der Waals surface area contributed by atoms with E-state index in [4.69, 9.17) is 0 Å². The van der Waals surface area contributed by atoms with Gasteiger partial charge in [-0.2, -0.15) is 0 Å². The van der Waals surface area contributed by atoms with Gasteiger partial charge in [-0.1, -0.05) is 0 Å². The van der Waals surface area contributed by atoms with Crippen molar-refractivity contribution in [3.63, 3.8) is 0 Å². The molecule has 0 spiro atoms. The number of anilines is 1. The van der Waals surface area contributed by atoms with Gasteiger partial charge in [-0.25, -0.2) is 0 Å². The number of benzene rings is 1. The number of piperazine rings is 1. The third-order valence-corrected chi connectivity index (χ3v) is 7.52. The van der Waals surface area contributed by atoms with Gasteiger partial charge in [-0.15, -0.1) is 0 Å². The highest BCUT2D eigenvalue weighted by atomic mass is 16.2. The smallest absolute Gasteiger partial charge is 0.262 e. The van der Waals surface area contributed by atoms with Crippen molar-refractivity contribution in [2.24, 2.45) is 5.92 Å². The minimum atomic E-state index is -0.927. The molecule has 4 aliphatic heterocycles. The Morgan fingerprint density at radius 2 is 1.58 bits per heavy atom. The zero-order valence-electron chi connectivity index (χ0n) is 19.1. The Balaban J connectivity index is 1.23. The summed E-state index contributed by atoms with van der Waals surface area (Å²) in [6, 6.07) is 4.47. The number of nitrogens with one attached hydrogen (secondary N) is 1. The average Bonchev–Trinajstić information content (AvgIpc) is 3.06. The molecule has 3 saturated heterocycles. The van der Waals surface area contributed by atoms with Gasteiger partial charge < -0.3 is 14.7 Å². The summed E-state index contributed by atoms with van der Waals surface area (Å²) in [6.07, 6.45) is 2.51. The Hall–Kier alpha value is -2.78. The number of imide groups is 2. The summed E-state index contributed by atoms with van der Waals surface area (Å²) in [5.74, 6) is -1.17.